The predicted molar refractivity (Wildman–Crippen MR) is 103 cm³/mol. The highest BCUT2D eigenvalue weighted by Crippen LogP contribution is 2.35. The van der Waals surface area contributed by atoms with Crippen LogP contribution in [0.25, 0.3) is 0 Å². The molecule has 158 valence electrons. The Kier molecular flexibility index (Phi) is 6.22. The van der Waals surface area contributed by atoms with Crippen LogP contribution in [0.2, 0.25) is 0 Å². The Hall–Kier alpha value is -3.01. The van der Waals surface area contributed by atoms with E-state index in [1.165, 1.54) is 24.3 Å². The molecule has 0 spiro atoms. The smallest absolute Gasteiger partial charge is 0.430 e. The summed E-state index contributed by atoms with van der Waals surface area (Å²) < 4.78 is 28.0. The topological polar surface area (TPSA) is 106 Å². The molecule has 9 heteroatoms. The van der Waals surface area contributed by atoms with Gasteiger partial charge in [0.1, 0.15) is 11.9 Å². The molecule has 4 rings (SSSR count). The van der Waals surface area contributed by atoms with E-state index in [1.807, 2.05) is 30.3 Å². The molecule has 4 atom stereocenters. The molecular weight excluding hydrogens is 394 g/mol. The fourth-order valence-corrected chi connectivity index (χ4v) is 3.61. The lowest BCUT2D eigenvalue weighted by Gasteiger charge is -2.34. The van der Waals surface area contributed by atoms with Gasteiger partial charge in [-0.1, -0.05) is 30.3 Å². The number of non-ortho nitro benzene ring substituents is 1. The van der Waals surface area contributed by atoms with Crippen molar-refractivity contribution in [2.24, 2.45) is 5.92 Å². The van der Waals surface area contributed by atoms with Crippen molar-refractivity contribution in [3.05, 3.63) is 70.3 Å². The summed E-state index contributed by atoms with van der Waals surface area (Å²) in [5.41, 5.74) is 0.942. The van der Waals surface area contributed by atoms with Gasteiger partial charge in [-0.15, -0.1) is 0 Å². The van der Waals surface area contributed by atoms with Crippen molar-refractivity contribution in [3.63, 3.8) is 0 Å². The van der Waals surface area contributed by atoms with E-state index in [0.29, 0.717) is 26.2 Å². The van der Waals surface area contributed by atoms with Crippen molar-refractivity contribution in [2.45, 2.75) is 31.5 Å². The third-order valence-corrected chi connectivity index (χ3v) is 5.09. The SMILES string of the molecule is O=C(Oc1ccc([N+](=O)[O-])cc1)OC1CCOC2OCC(OCc3ccccc3)C12. The first-order valence-electron chi connectivity index (χ1n) is 9.62. The Morgan fingerprint density at radius 2 is 1.83 bits per heavy atom. The molecule has 2 aliphatic heterocycles. The average Bonchev–Trinajstić information content (AvgIpc) is 3.17. The number of benzene rings is 2. The monoisotopic (exact) mass is 415 g/mol. The second kappa shape index (κ2) is 9.21. The third kappa shape index (κ3) is 4.76. The molecule has 0 N–H and O–H groups in total. The van der Waals surface area contributed by atoms with Gasteiger partial charge in [0.2, 0.25) is 0 Å². The summed E-state index contributed by atoms with van der Waals surface area (Å²) in [6.07, 6.45) is -1.67. The second-order valence-electron chi connectivity index (χ2n) is 7.03. The maximum atomic E-state index is 12.3. The van der Waals surface area contributed by atoms with Gasteiger partial charge < -0.3 is 23.7 Å². The molecular formula is C21H21NO8. The number of fused-ring (bicyclic) bond motifs is 1. The van der Waals surface area contributed by atoms with Gasteiger partial charge in [-0.25, -0.2) is 4.79 Å². The van der Waals surface area contributed by atoms with Crippen LogP contribution in [0, 0.1) is 16.0 Å². The molecule has 30 heavy (non-hydrogen) atoms. The van der Waals surface area contributed by atoms with Gasteiger partial charge in [-0.3, -0.25) is 10.1 Å². The Balaban J connectivity index is 1.36. The molecule has 9 nitrogen and oxygen atoms in total. The number of hydrogen-bond donors (Lipinski definition) is 0. The maximum Gasteiger partial charge on any atom is 0.514 e. The lowest BCUT2D eigenvalue weighted by atomic mass is 9.93. The number of nitrogens with zero attached hydrogens (tertiary/aromatic N) is 1. The Morgan fingerprint density at radius 1 is 1.07 bits per heavy atom. The van der Waals surface area contributed by atoms with Crippen LogP contribution in [0.1, 0.15) is 12.0 Å². The van der Waals surface area contributed by atoms with E-state index in [1.54, 1.807) is 0 Å². The van der Waals surface area contributed by atoms with Gasteiger partial charge in [0, 0.05) is 18.6 Å². The normalized spacial score (nSPS) is 25.3. The zero-order valence-electron chi connectivity index (χ0n) is 16.0. The van der Waals surface area contributed by atoms with E-state index in [4.69, 9.17) is 23.7 Å². The molecule has 0 amide bonds. The summed E-state index contributed by atoms with van der Waals surface area (Å²) in [6.45, 7) is 1.15. The largest absolute Gasteiger partial charge is 0.514 e. The molecule has 0 saturated carbocycles. The molecule has 2 aromatic rings. The number of ether oxygens (including phenoxy) is 5. The van der Waals surface area contributed by atoms with E-state index in [9.17, 15) is 14.9 Å². The Labute approximate surface area is 172 Å². The number of nitro benzene ring substituents is 1. The van der Waals surface area contributed by atoms with Crippen LogP contribution in [0.15, 0.2) is 54.6 Å². The molecule has 0 bridgehead atoms. The molecule has 0 aliphatic carbocycles. The van der Waals surface area contributed by atoms with Crippen LogP contribution in [-0.4, -0.2) is 42.8 Å². The maximum absolute atomic E-state index is 12.3. The first kappa shape index (κ1) is 20.3. The van der Waals surface area contributed by atoms with Crippen LogP contribution in [0.5, 0.6) is 5.75 Å². The predicted octanol–water partition coefficient (Wildman–Crippen LogP) is 3.46. The highest BCUT2D eigenvalue weighted by atomic mass is 16.7. The number of rotatable bonds is 6. The highest BCUT2D eigenvalue weighted by Gasteiger charge is 2.48. The van der Waals surface area contributed by atoms with Gasteiger partial charge in [-0.2, -0.15) is 0 Å². The summed E-state index contributed by atoms with van der Waals surface area (Å²) >= 11 is 0. The Bertz CT molecular complexity index is 872. The summed E-state index contributed by atoms with van der Waals surface area (Å²) in [6, 6.07) is 15.0. The summed E-state index contributed by atoms with van der Waals surface area (Å²) in [5.74, 6) is -0.111. The van der Waals surface area contributed by atoms with E-state index in [2.05, 4.69) is 0 Å². The van der Waals surface area contributed by atoms with Crippen LogP contribution in [-0.2, 0) is 25.6 Å². The van der Waals surface area contributed by atoms with E-state index < -0.39 is 23.5 Å². The van der Waals surface area contributed by atoms with Crippen molar-refractivity contribution in [1.82, 2.24) is 0 Å². The van der Waals surface area contributed by atoms with Gasteiger partial charge in [0.25, 0.3) is 5.69 Å². The Morgan fingerprint density at radius 3 is 2.57 bits per heavy atom. The van der Waals surface area contributed by atoms with Crippen LogP contribution < -0.4 is 4.74 Å². The summed E-state index contributed by atoms with van der Waals surface area (Å²) in [7, 11) is 0. The molecule has 0 radical (unpaired) electrons. The first-order chi connectivity index (χ1) is 14.6. The van der Waals surface area contributed by atoms with E-state index in [0.717, 1.165) is 5.56 Å². The summed E-state index contributed by atoms with van der Waals surface area (Å²) in [5, 5.41) is 10.7. The van der Waals surface area contributed by atoms with Crippen molar-refractivity contribution in [2.75, 3.05) is 13.2 Å². The van der Waals surface area contributed by atoms with Gasteiger partial charge in [0.15, 0.2) is 6.29 Å². The van der Waals surface area contributed by atoms with Crippen LogP contribution >= 0.6 is 0 Å². The van der Waals surface area contributed by atoms with E-state index >= 15 is 0 Å². The van der Waals surface area contributed by atoms with Gasteiger partial charge in [0.05, 0.1) is 36.8 Å². The minimum absolute atomic E-state index is 0.0931. The minimum Gasteiger partial charge on any atom is -0.430 e. The summed E-state index contributed by atoms with van der Waals surface area (Å²) in [4.78, 5) is 22.5. The molecule has 2 aromatic carbocycles. The van der Waals surface area contributed by atoms with E-state index in [-0.39, 0.29) is 23.5 Å². The number of hydrogen-bond acceptors (Lipinski definition) is 8. The molecule has 2 aliphatic rings. The van der Waals surface area contributed by atoms with Crippen molar-refractivity contribution < 1.29 is 33.4 Å². The zero-order valence-corrected chi connectivity index (χ0v) is 16.0. The standard InChI is InChI=1S/C21H21NO8/c23-21(29-16-8-6-15(7-9-16)22(24)25)30-17-10-11-26-20-19(17)18(13-28-20)27-12-14-4-2-1-3-5-14/h1-9,17-20H,10-13H2. The first-order valence-corrected chi connectivity index (χ1v) is 9.62. The van der Waals surface area contributed by atoms with Crippen molar-refractivity contribution in [1.29, 1.82) is 0 Å². The minimum atomic E-state index is -0.886. The fourth-order valence-electron chi connectivity index (χ4n) is 3.61. The average molecular weight is 415 g/mol. The molecule has 2 saturated heterocycles. The van der Waals surface area contributed by atoms with Crippen LogP contribution in [0.3, 0.4) is 0 Å². The highest BCUT2D eigenvalue weighted by molar-refractivity contribution is 5.64. The number of carbonyl (C=O) groups excluding carboxylic acids is 1. The zero-order chi connectivity index (χ0) is 20.9. The lowest BCUT2D eigenvalue weighted by Crippen LogP contribution is -2.45. The van der Waals surface area contributed by atoms with Crippen molar-refractivity contribution in [3.8, 4) is 5.75 Å². The third-order valence-electron chi connectivity index (χ3n) is 5.09. The number of nitro groups is 1. The number of carbonyl (C=O) groups is 1. The molecule has 2 heterocycles. The molecule has 4 unspecified atom stereocenters. The fraction of sp³-hybridized carbons (Fsp3) is 0.381. The van der Waals surface area contributed by atoms with Gasteiger partial charge >= 0.3 is 6.16 Å². The second-order valence-corrected chi connectivity index (χ2v) is 7.03. The van der Waals surface area contributed by atoms with Crippen LogP contribution in [0.4, 0.5) is 10.5 Å². The lowest BCUT2D eigenvalue weighted by molar-refractivity contribution is -0.384. The quantitative estimate of drug-likeness (QED) is 0.306. The van der Waals surface area contributed by atoms with Gasteiger partial charge in [-0.05, 0) is 17.7 Å². The molecule has 0 aromatic heterocycles. The van der Waals surface area contributed by atoms with Crippen molar-refractivity contribution >= 4 is 11.8 Å². The molecule has 2 fully saturated rings.